The van der Waals surface area contributed by atoms with Gasteiger partial charge in [-0.3, -0.25) is 9.59 Å². The molecule has 0 saturated heterocycles. The highest BCUT2D eigenvalue weighted by atomic mass is 16.5. The number of allylic oxidation sites excluding steroid dienone is 1. The summed E-state index contributed by atoms with van der Waals surface area (Å²) in [7, 11) is 0. The van der Waals surface area contributed by atoms with Crippen molar-refractivity contribution < 1.29 is 19.4 Å². The molecule has 16 heavy (non-hydrogen) atoms. The molecular formula is C12H20O4. The predicted octanol–water partition coefficient (Wildman–Crippen LogP) is 1.62. The number of hydrogen-bond donors (Lipinski definition) is 1. The Morgan fingerprint density at radius 3 is 2.94 bits per heavy atom. The fourth-order valence-electron chi connectivity index (χ4n) is 1.12. The Labute approximate surface area is 97.8 Å². The van der Waals surface area contributed by atoms with Gasteiger partial charge in [-0.05, 0) is 26.7 Å². The lowest BCUT2D eigenvalue weighted by molar-refractivity contribution is -0.144. The summed E-state index contributed by atoms with van der Waals surface area (Å²) >= 11 is 0. The van der Waals surface area contributed by atoms with Crippen molar-refractivity contribution in [3.8, 4) is 0 Å². The van der Waals surface area contributed by atoms with Gasteiger partial charge in [0.05, 0.1) is 6.10 Å². The Balaban J connectivity index is 3.60. The Bertz CT molecular complexity index is 263. The van der Waals surface area contributed by atoms with Crippen LogP contribution in [0.1, 0.15) is 39.5 Å². The molecule has 4 nitrogen and oxygen atoms in total. The van der Waals surface area contributed by atoms with Crippen molar-refractivity contribution in [3.63, 3.8) is 0 Å². The molecule has 0 bridgehead atoms. The topological polar surface area (TPSA) is 63.6 Å². The fourth-order valence-corrected chi connectivity index (χ4v) is 1.12. The van der Waals surface area contributed by atoms with E-state index < -0.39 is 5.97 Å². The third-order valence-electron chi connectivity index (χ3n) is 1.98. The zero-order valence-corrected chi connectivity index (χ0v) is 9.90. The molecule has 0 saturated carbocycles. The van der Waals surface area contributed by atoms with Crippen LogP contribution in [-0.4, -0.2) is 31.0 Å². The SMILES string of the molecule is [3H]O[C@H](C)CCCC(=O)CC(=O)OC/C=C/C. The van der Waals surface area contributed by atoms with Crippen LogP contribution in [0.15, 0.2) is 12.2 Å². The molecule has 0 heterocycles. The molecule has 0 radical (unpaired) electrons. The number of aliphatic hydroxyl groups is 1. The lowest BCUT2D eigenvalue weighted by Gasteiger charge is -2.03. The van der Waals surface area contributed by atoms with Crippen molar-refractivity contribution in [2.24, 2.45) is 0 Å². The second kappa shape index (κ2) is 9.09. The van der Waals surface area contributed by atoms with Crippen LogP contribution in [0.5, 0.6) is 0 Å². The smallest absolute Gasteiger partial charge is 0.313 e. The zero-order chi connectivity index (χ0) is 13.1. The minimum Gasteiger partial charge on any atom is -0.461 e. The number of carbonyl (C=O) groups is 2. The molecular weight excluding hydrogens is 208 g/mol. The first-order valence-electron chi connectivity index (χ1n) is 5.91. The fraction of sp³-hybridized carbons (Fsp3) is 0.667. The molecule has 0 aromatic rings. The molecule has 0 aromatic heterocycles. The Morgan fingerprint density at radius 1 is 1.56 bits per heavy atom. The molecule has 0 aliphatic carbocycles. The van der Waals surface area contributed by atoms with Gasteiger partial charge in [-0.15, -0.1) is 0 Å². The molecule has 0 aromatic carbocycles. The van der Waals surface area contributed by atoms with Gasteiger partial charge in [-0.1, -0.05) is 12.2 Å². The van der Waals surface area contributed by atoms with Crippen LogP contribution < -0.4 is 0 Å². The van der Waals surface area contributed by atoms with Crippen LogP contribution in [0.4, 0.5) is 0 Å². The van der Waals surface area contributed by atoms with E-state index in [0.29, 0.717) is 19.3 Å². The van der Waals surface area contributed by atoms with Crippen molar-refractivity contribution in [2.45, 2.75) is 45.6 Å². The van der Waals surface area contributed by atoms with Gasteiger partial charge < -0.3 is 9.85 Å². The number of carbonyl (C=O) groups excluding carboxylic acids is 2. The third kappa shape index (κ3) is 9.40. The highest BCUT2D eigenvalue weighted by molar-refractivity contribution is 5.95. The molecule has 0 fully saturated rings. The lowest BCUT2D eigenvalue weighted by atomic mass is 10.1. The van der Waals surface area contributed by atoms with E-state index in [4.69, 9.17) is 6.17 Å². The second-order valence-corrected chi connectivity index (χ2v) is 3.67. The largest absolute Gasteiger partial charge is 0.461 e. The van der Waals surface area contributed by atoms with Crippen molar-refractivity contribution in [1.82, 2.24) is 0 Å². The van der Waals surface area contributed by atoms with Gasteiger partial charge in [0.25, 0.3) is 0 Å². The van der Waals surface area contributed by atoms with Crippen molar-refractivity contribution in [3.05, 3.63) is 12.2 Å². The van der Waals surface area contributed by atoms with Crippen LogP contribution in [0, 0.1) is 0 Å². The van der Waals surface area contributed by atoms with E-state index >= 15 is 0 Å². The normalized spacial score (nSPS) is 13.5. The molecule has 0 unspecified atom stereocenters. The lowest BCUT2D eigenvalue weighted by Crippen LogP contribution is -2.12. The van der Waals surface area contributed by atoms with E-state index in [2.05, 4.69) is 5.11 Å². The van der Waals surface area contributed by atoms with Gasteiger partial charge >= 0.3 is 5.97 Å². The summed E-state index contributed by atoms with van der Waals surface area (Å²) < 4.78 is 11.4. The quantitative estimate of drug-likeness (QED) is 0.371. The Kier molecular flexibility index (Phi) is 7.34. The minimum atomic E-state index is -0.488. The first kappa shape index (κ1) is 12.9. The highest BCUT2D eigenvalue weighted by Crippen LogP contribution is 2.03. The van der Waals surface area contributed by atoms with E-state index in [1.54, 1.807) is 19.1 Å². The number of hydrogen-bond acceptors (Lipinski definition) is 4. The van der Waals surface area contributed by atoms with Gasteiger partial charge in [0.1, 0.15) is 18.8 Å². The van der Waals surface area contributed by atoms with Crippen molar-refractivity contribution in [2.75, 3.05) is 6.61 Å². The summed E-state index contributed by atoms with van der Waals surface area (Å²) in [5.41, 5.74) is 0. The number of esters is 1. The van der Waals surface area contributed by atoms with Crippen molar-refractivity contribution >= 4 is 11.8 Å². The first-order chi connectivity index (χ1) is 8.10. The molecule has 0 spiro atoms. The van der Waals surface area contributed by atoms with Gasteiger partial charge in [0.2, 0.25) is 1.43 Å². The summed E-state index contributed by atoms with van der Waals surface area (Å²) in [5.74, 6) is -0.620. The van der Waals surface area contributed by atoms with E-state index in [-0.39, 0.29) is 24.9 Å². The van der Waals surface area contributed by atoms with Crippen LogP contribution in [0.2, 0.25) is 0 Å². The Morgan fingerprint density at radius 2 is 2.31 bits per heavy atom. The van der Waals surface area contributed by atoms with Gasteiger partial charge in [-0.25, -0.2) is 0 Å². The van der Waals surface area contributed by atoms with Crippen LogP contribution in [0.25, 0.3) is 0 Å². The summed E-state index contributed by atoms with van der Waals surface area (Å²) in [6.45, 7) is 3.81. The van der Waals surface area contributed by atoms with Crippen molar-refractivity contribution in [1.29, 1.82) is 1.43 Å². The zero-order valence-electron chi connectivity index (χ0n) is 10.9. The van der Waals surface area contributed by atoms with E-state index in [1.165, 1.54) is 0 Å². The maximum atomic E-state index is 11.3. The number of rotatable bonds is 9. The maximum Gasteiger partial charge on any atom is 0.313 e. The van der Waals surface area contributed by atoms with Gasteiger partial charge in [0, 0.05) is 6.42 Å². The number of Topliss-reactive ketones (excluding diaryl/α,β-unsaturated/α-hetero) is 1. The summed E-state index contributed by atoms with van der Waals surface area (Å²) in [4.78, 5) is 22.5. The van der Waals surface area contributed by atoms with Crippen LogP contribution >= 0.6 is 0 Å². The number of ether oxygens (including phenoxy) is 1. The molecule has 0 rings (SSSR count). The first-order valence-corrected chi connectivity index (χ1v) is 5.50. The molecule has 0 aliphatic heterocycles. The van der Waals surface area contributed by atoms with E-state index in [1.807, 2.05) is 6.92 Å². The van der Waals surface area contributed by atoms with Gasteiger partial charge in [0.15, 0.2) is 0 Å². The standard InChI is InChI=1S/C12H20O4/c1-3-4-8-16-12(15)9-11(14)7-5-6-10(2)13/h3-4,10,13H,5-9H2,1-2H3/b4-3+/t10-/m1/s1/i13T. The summed E-state index contributed by atoms with van der Waals surface area (Å²) in [6.07, 6.45) is 4.72. The van der Waals surface area contributed by atoms with Crippen LogP contribution in [-0.2, 0) is 14.3 Å². The predicted molar refractivity (Wildman–Crippen MR) is 60.9 cm³/mol. The monoisotopic (exact) mass is 230 g/mol. The summed E-state index contributed by atoms with van der Waals surface area (Å²) in [5, 5.41) is 4.32. The average Bonchev–Trinajstić information content (AvgIpc) is 2.29. The molecule has 92 valence electrons. The molecule has 0 aliphatic rings. The van der Waals surface area contributed by atoms with E-state index in [9.17, 15) is 9.59 Å². The number of ketones is 1. The minimum absolute atomic E-state index is 0.132. The average molecular weight is 230 g/mol. The molecule has 4 heteroatoms. The maximum absolute atomic E-state index is 11.3. The van der Waals surface area contributed by atoms with E-state index in [0.717, 1.165) is 0 Å². The molecule has 1 N–H and O–H groups in total. The van der Waals surface area contributed by atoms with Gasteiger partial charge in [-0.2, -0.15) is 0 Å². The summed E-state index contributed by atoms with van der Waals surface area (Å²) in [6, 6.07) is 0. The molecule has 1 atom stereocenters. The number of aliphatic hydroxyl groups excluding tert-OH is 1. The third-order valence-corrected chi connectivity index (χ3v) is 1.98. The highest BCUT2D eigenvalue weighted by Gasteiger charge is 2.10. The Hall–Kier alpha value is -1.16. The van der Waals surface area contributed by atoms with Crippen LogP contribution in [0.3, 0.4) is 0 Å². The second-order valence-electron chi connectivity index (χ2n) is 3.67. The molecule has 0 amide bonds.